The van der Waals surface area contributed by atoms with Crippen molar-refractivity contribution in [3.05, 3.63) is 121 Å². The first kappa shape index (κ1) is 55.0. The third-order valence-corrected chi connectivity index (χ3v) is 14.8. The Balaban J connectivity index is 1.10. The van der Waals surface area contributed by atoms with Crippen LogP contribution in [0.1, 0.15) is 12.8 Å². The summed E-state index contributed by atoms with van der Waals surface area (Å²) in [6.45, 7) is -0.0836. The Morgan fingerprint density at radius 3 is 1.70 bits per heavy atom. The molecule has 0 fully saturated rings. The molecule has 28 heteroatoms. The Bertz CT molecular complexity index is 4200. The summed E-state index contributed by atoms with van der Waals surface area (Å²) in [5.74, 6) is -0.443. The predicted molar refractivity (Wildman–Crippen MR) is 282 cm³/mol. The van der Waals surface area contributed by atoms with Crippen molar-refractivity contribution in [3.8, 4) is 28.7 Å². The number of azo groups is 3. The number of anilines is 2. The van der Waals surface area contributed by atoms with Crippen LogP contribution in [0, 0.1) is 0 Å². The van der Waals surface area contributed by atoms with Gasteiger partial charge in [0.05, 0.1) is 60.5 Å². The van der Waals surface area contributed by atoms with E-state index in [-0.39, 0.29) is 86.7 Å². The molecule has 24 nitrogen and oxygen atoms in total. The van der Waals surface area contributed by atoms with Gasteiger partial charge in [0.15, 0.2) is 5.75 Å². The van der Waals surface area contributed by atoms with Crippen molar-refractivity contribution >= 4 is 118 Å². The highest BCUT2D eigenvalue weighted by molar-refractivity contribution is 7.86. The topological polar surface area (TPSA) is 361 Å². The number of ether oxygens (including phenoxy) is 4. The minimum absolute atomic E-state index is 0.00243. The van der Waals surface area contributed by atoms with Crippen LogP contribution in [0.15, 0.2) is 167 Å². The predicted octanol–water partition coefficient (Wildman–Crippen LogP) is 11.7. The fraction of sp³-hybridized carbons (Fsp3) is 0.143. The van der Waals surface area contributed by atoms with Crippen LogP contribution in [-0.4, -0.2) is 90.7 Å². The second kappa shape index (κ2) is 22.2. The Morgan fingerprint density at radius 2 is 1.08 bits per heavy atom. The van der Waals surface area contributed by atoms with E-state index in [1.54, 1.807) is 36.4 Å². The number of fused-ring (bicyclic) bond motifs is 3. The summed E-state index contributed by atoms with van der Waals surface area (Å²) in [4.78, 5) is -1.71. The highest BCUT2D eigenvalue weighted by Crippen LogP contribution is 2.46. The van der Waals surface area contributed by atoms with Gasteiger partial charge in [-0.05, 0) is 115 Å². The molecule has 0 aliphatic carbocycles. The van der Waals surface area contributed by atoms with Gasteiger partial charge in [0, 0.05) is 51.1 Å². The van der Waals surface area contributed by atoms with Gasteiger partial charge < -0.3 is 29.4 Å². The van der Waals surface area contributed by atoms with Gasteiger partial charge >= 0.3 is 0 Å². The molecule has 8 aromatic carbocycles. The maximum absolute atomic E-state index is 12.7. The first-order chi connectivity index (χ1) is 36.4. The molecule has 6 N–H and O–H groups in total. The molecule has 0 heterocycles. The van der Waals surface area contributed by atoms with Gasteiger partial charge in [-0.15, -0.1) is 25.6 Å². The van der Waals surface area contributed by atoms with Crippen molar-refractivity contribution in [2.75, 3.05) is 39.0 Å². The number of hydrogen-bond donors (Lipinski definition) is 6. The molecule has 0 amide bonds. The molecule has 77 heavy (non-hydrogen) atoms. The van der Waals surface area contributed by atoms with Gasteiger partial charge in [-0.25, -0.2) is 0 Å². The molecule has 0 spiro atoms. The quantitative estimate of drug-likeness (QED) is 0.0234. The van der Waals surface area contributed by atoms with Crippen LogP contribution in [0.2, 0.25) is 0 Å². The third-order valence-electron chi connectivity index (χ3n) is 11.4. The van der Waals surface area contributed by atoms with Crippen molar-refractivity contribution < 1.29 is 75.9 Å². The maximum Gasteiger partial charge on any atom is 0.296 e. The molecule has 0 bridgehead atoms. The van der Waals surface area contributed by atoms with Gasteiger partial charge in [-0.3, -0.25) is 18.2 Å². The van der Waals surface area contributed by atoms with Gasteiger partial charge in [-0.2, -0.15) is 38.8 Å². The molecular weight excluding hydrogens is 1090 g/mol. The molecule has 0 atom stereocenters. The van der Waals surface area contributed by atoms with Gasteiger partial charge in [0.25, 0.3) is 40.5 Å². The Hall–Kier alpha value is -8.22. The normalized spacial score (nSPS) is 12.6. The number of phenols is 1. The lowest BCUT2D eigenvalue weighted by molar-refractivity contribution is 0.311. The highest BCUT2D eigenvalue weighted by Gasteiger charge is 2.24. The minimum atomic E-state index is -5.00. The van der Waals surface area contributed by atoms with Crippen molar-refractivity contribution in [2.24, 2.45) is 30.7 Å². The lowest BCUT2D eigenvalue weighted by Gasteiger charge is -2.12. The molecular formula is C49H43N7O17S4. The zero-order valence-corrected chi connectivity index (χ0v) is 43.6. The minimum Gasteiger partial charge on any atom is -0.505 e. The van der Waals surface area contributed by atoms with E-state index in [4.69, 9.17) is 23.5 Å². The number of hydrogen-bond acceptors (Lipinski definition) is 20. The third kappa shape index (κ3) is 13.1. The molecule has 0 unspecified atom stereocenters. The molecule has 0 aromatic heterocycles. The molecule has 0 saturated heterocycles. The van der Waals surface area contributed by atoms with Gasteiger partial charge in [0.1, 0.15) is 45.0 Å². The summed E-state index contributed by atoms with van der Waals surface area (Å²) < 4.78 is 158. The fourth-order valence-corrected chi connectivity index (χ4v) is 9.99. The number of methoxy groups -OCH3 is 3. The Kier molecular flexibility index (Phi) is 15.8. The van der Waals surface area contributed by atoms with E-state index in [1.165, 1.54) is 82.0 Å². The SMILES string of the molecule is COc1ccc(Nc2ccc3c(O)c(N=Nc4cc(OC)c(N=Nc5ccc(N=Nc6ccc7cc(S(=O)(=O)O)cc(OCCCCS(=O)(=O)O)c7c6)c6ccc(S(=O)(=O)O)cc56)cc4OC)c(S(=O)(=O)O)cc3c2)cc1. The molecule has 0 saturated carbocycles. The van der Waals surface area contributed by atoms with Gasteiger partial charge in [-0.1, -0.05) is 12.1 Å². The number of aromatic hydroxyl groups is 1. The van der Waals surface area contributed by atoms with Crippen LogP contribution in [0.3, 0.4) is 0 Å². The number of phenolic OH excluding ortho intramolecular Hbond substituents is 1. The summed E-state index contributed by atoms with van der Waals surface area (Å²) in [6.07, 6.45) is 0.207. The van der Waals surface area contributed by atoms with Crippen molar-refractivity contribution in [3.63, 3.8) is 0 Å². The zero-order valence-electron chi connectivity index (χ0n) is 40.3. The number of benzene rings is 8. The first-order valence-electron chi connectivity index (χ1n) is 22.3. The molecule has 8 rings (SSSR count). The average molecular weight is 1130 g/mol. The van der Waals surface area contributed by atoms with E-state index in [2.05, 4.69) is 36.0 Å². The van der Waals surface area contributed by atoms with Crippen molar-refractivity contribution in [2.45, 2.75) is 27.5 Å². The summed E-state index contributed by atoms with van der Waals surface area (Å²) in [5.41, 5.74) is 1.11. The summed E-state index contributed by atoms with van der Waals surface area (Å²) in [7, 11) is -14.5. The van der Waals surface area contributed by atoms with Crippen LogP contribution >= 0.6 is 0 Å². The molecule has 0 aliphatic heterocycles. The van der Waals surface area contributed by atoms with E-state index in [0.717, 1.165) is 24.3 Å². The Labute approximate surface area is 439 Å². The van der Waals surface area contributed by atoms with Crippen LogP contribution in [0.4, 0.5) is 45.5 Å². The molecule has 400 valence electrons. The number of nitrogens with one attached hydrogen (secondary N) is 1. The van der Waals surface area contributed by atoms with E-state index in [9.17, 15) is 52.4 Å². The number of unbranched alkanes of at least 4 members (excludes halogenated alkanes) is 1. The molecule has 0 radical (unpaired) electrons. The van der Waals surface area contributed by atoms with Crippen molar-refractivity contribution in [1.82, 2.24) is 0 Å². The summed E-state index contributed by atoms with van der Waals surface area (Å²) in [6, 6.07) is 28.9. The van der Waals surface area contributed by atoms with Crippen LogP contribution in [-0.2, 0) is 40.5 Å². The largest absolute Gasteiger partial charge is 0.505 e. The van der Waals surface area contributed by atoms with Gasteiger partial charge in [0.2, 0.25) is 0 Å². The number of nitrogens with zero attached hydrogens (tertiary/aromatic N) is 6. The Morgan fingerprint density at radius 1 is 0.468 bits per heavy atom. The van der Waals surface area contributed by atoms with E-state index < -0.39 is 72.3 Å². The van der Waals surface area contributed by atoms with Crippen LogP contribution in [0.5, 0.6) is 28.7 Å². The lowest BCUT2D eigenvalue weighted by Crippen LogP contribution is -2.06. The summed E-state index contributed by atoms with van der Waals surface area (Å²) >= 11 is 0. The van der Waals surface area contributed by atoms with E-state index >= 15 is 0 Å². The second-order valence-corrected chi connectivity index (χ2v) is 22.4. The molecule has 0 aliphatic rings. The molecule has 8 aromatic rings. The number of rotatable bonds is 20. The monoisotopic (exact) mass is 1130 g/mol. The first-order valence-corrected chi connectivity index (χ1v) is 28.2. The van der Waals surface area contributed by atoms with Crippen molar-refractivity contribution in [1.29, 1.82) is 0 Å². The second-order valence-electron chi connectivity index (χ2n) is 16.6. The summed E-state index contributed by atoms with van der Waals surface area (Å²) in [5, 5.41) is 41.6. The fourth-order valence-electron chi connectivity index (χ4n) is 7.72. The smallest absolute Gasteiger partial charge is 0.296 e. The van der Waals surface area contributed by atoms with Crippen LogP contribution < -0.4 is 24.3 Å². The van der Waals surface area contributed by atoms with E-state index in [1.807, 2.05) is 0 Å². The van der Waals surface area contributed by atoms with Crippen LogP contribution in [0.25, 0.3) is 32.3 Å². The average Bonchev–Trinajstić information content (AvgIpc) is 3.38. The lowest BCUT2D eigenvalue weighted by atomic mass is 10.1. The zero-order chi connectivity index (χ0) is 55.5. The van der Waals surface area contributed by atoms with E-state index in [0.29, 0.717) is 27.9 Å². The maximum atomic E-state index is 12.7. The highest BCUT2D eigenvalue weighted by atomic mass is 32.2. The standard InChI is InChI=1S/C49H43N7O17S4/c1-70-33-11-8-30(9-12-33)50-31-10-14-36-29(20-31)22-47(77(67,68)69)48(49(36)57)56-55-43-27-45(71-2)42(26-46(43)72-3)54-53-41-17-16-40(37-15-13-34(24-39(37)41)75(61,62)63)52-51-32-7-6-28-21-35(76(64,65)66)25-44(38(28)23-32)73-18-4-5-19-74(58,59)60/h6-17,20-27,50,57H,4-5,18-19H2,1-3H3,(H,58,59,60)(H,61,62,63)(H,64,65,66)(H,67,68,69).